The number of hydrogen-bond donors (Lipinski definition) is 1. The zero-order valence-electron chi connectivity index (χ0n) is 18.6. The van der Waals surface area contributed by atoms with Crippen molar-refractivity contribution in [3.63, 3.8) is 0 Å². The summed E-state index contributed by atoms with van der Waals surface area (Å²) in [6.07, 6.45) is 1.58. The first-order valence-electron chi connectivity index (χ1n) is 10.1. The Labute approximate surface area is 180 Å². The number of sulfonamides is 1. The molecule has 1 atom stereocenters. The average molecular weight is 433 g/mol. The summed E-state index contributed by atoms with van der Waals surface area (Å²) in [7, 11) is -3.65. The number of benzene rings is 2. The second kappa shape index (κ2) is 9.98. The lowest BCUT2D eigenvalue weighted by atomic mass is 10.1. The maximum absolute atomic E-state index is 12.9. The molecule has 0 bridgehead atoms. The van der Waals surface area contributed by atoms with Gasteiger partial charge in [-0.3, -0.25) is 9.10 Å². The summed E-state index contributed by atoms with van der Waals surface area (Å²) in [6.45, 7) is 9.92. The molecular weight excluding hydrogens is 400 g/mol. The molecule has 7 heteroatoms. The van der Waals surface area contributed by atoms with Crippen LogP contribution in [0.25, 0.3) is 0 Å². The molecule has 0 fully saturated rings. The topological polar surface area (TPSA) is 75.7 Å². The number of carbonyl (C=O) groups excluding carboxylic acids is 1. The summed E-state index contributed by atoms with van der Waals surface area (Å²) in [6, 6.07) is 12.1. The molecule has 0 aromatic heterocycles. The number of hydrogen-bond acceptors (Lipinski definition) is 4. The number of anilines is 1. The quantitative estimate of drug-likeness (QED) is 0.651. The van der Waals surface area contributed by atoms with Crippen LogP contribution in [0.15, 0.2) is 42.5 Å². The zero-order chi connectivity index (χ0) is 22.5. The first kappa shape index (κ1) is 23.7. The van der Waals surface area contributed by atoms with E-state index >= 15 is 0 Å². The zero-order valence-corrected chi connectivity index (χ0v) is 19.4. The normalized spacial score (nSPS) is 12.5. The third-order valence-corrected chi connectivity index (χ3v) is 6.02. The molecular formula is C23H32N2O4S. The molecule has 0 spiro atoms. The van der Waals surface area contributed by atoms with Crippen LogP contribution in [0.1, 0.15) is 43.9 Å². The van der Waals surface area contributed by atoms with Crippen LogP contribution < -0.4 is 14.4 Å². The van der Waals surface area contributed by atoms with Gasteiger partial charge in [0.1, 0.15) is 11.8 Å². The molecule has 1 amide bonds. The predicted octanol–water partition coefficient (Wildman–Crippen LogP) is 3.95. The van der Waals surface area contributed by atoms with Crippen molar-refractivity contribution in [1.29, 1.82) is 0 Å². The number of aryl methyl sites for hydroxylation is 2. The van der Waals surface area contributed by atoms with Gasteiger partial charge < -0.3 is 10.1 Å². The Morgan fingerprint density at radius 2 is 1.70 bits per heavy atom. The van der Waals surface area contributed by atoms with Crippen molar-refractivity contribution in [3.8, 4) is 5.75 Å². The molecule has 164 valence electrons. The van der Waals surface area contributed by atoms with Gasteiger partial charge in [-0.25, -0.2) is 8.42 Å². The number of amides is 1. The average Bonchev–Trinajstić information content (AvgIpc) is 2.66. The van der Waals surface area contributed by atoms with Crippen molar-refractivity contribution in [2.75, 3.05) is 10.6 Å². The van der Waals surface area contributed by atoms with Crippen LogP contribution in [-0.2, 0) is 21.4 Å². The fourth-order valence-electron chi connectivity index (χ4n) is 3.19. The second-order valence-corrected chi connectivity index (χ2v) is 9.64. The Kier molecular flexibility index (Phi) is 7.89. The van der Waals surface area contributed by atoms with Gasteiger partial charge in [0.05, 0.1) is 18.0 Å². The third kappa shape index (κ3) is 6.23. The first-order chi connectivity index (χ1) is 14.0. The minimum Gasteiger partial charge on any atom is -0.491 e. The molecule has 2 aromatic rings. The van der Waals surface area contributed by atoms with Crippen molar-refractivity contribution in [3.05, 3.63) is 59.2 Å². The van der Waals surface area contributed by atoms with Gasteiger partial charge in [-0.2, -0.15) is 0 Å². The van der Waals surface area contributed by atoms with Crippen molar-refractivity contribution < 1.29 is 17.9 Å². The number of ether oxygens (including phenoxy) is 1. The summed E-state index contributed by atoms with van der Waals surface area (Å²) >= 11 is 0. The van der Waals surface area contributed by atoms with Gasteiger partial charge in [0.25, 0.3) is 0 Å². The molecule has 0 saturated carbocycles. The van der Waals surface area contributed by atoms with E-state index in [1.54, 1.807) is 12.1 Å². The maximum Gasteiger partial charge on any atom is 0.244 e. The van der Waals surface area contributed by atoms with Gasteiger partial charge in [0, 0.05) is 6.54 Å². The van der Waals surface area contributed by atoms with Crippen LogP contribution in [0.5, 0.6) is 5.75 Å². The molecule has 0 aliphatic heterocycles. The van der Waals surface area contributed by atoms with Crippen LogP contribution in [-0.4, -0.2) is 32.7 Å². The number of rotatable bonds is 9. The fourth-order valence-corrected chi connectivity index (χ4v) is 4.39. The summed E-state index contributed by atoms with van der Waals surface area (Å²) < 4.78 is 32.0. The number of nitrogens with zero attached hydrogens (tertiary/aromatic N) is 1. The number of nitrogens with one attached hydrogen (secondary N) is 1. The molecule has 0 saturated heterocycles. The van der Waals surface area contributed by atoms with Crippen molar-refractivity contribution in [2.45, 2.75) is 59.7 Å². The minimum absolute atomic E-state index is 0.0910. The summed E-state index contributed by atoms with van der Waals surface area (Å²) in [5, 5.41) is 2.87. The Hall–Kier alpha value is -2.54. The van der Waals surface area contributed by atoms with Crippen LogP contribution in [0.2, 0.25) is 0 Å². The predicted molar refractivity (Wildman–Crippen MR) is 121 cm³/mol. The first-order valence-corrected chi connectivity index (χ1v) is 12.0. The van der Waals surface area contributed by atoms with Crippen molar-refractivity contribution in [2.24, 2.45) is 0 Å². The molecule has 0 radical (unpaired) electrons. The molecule has 0 aliphatic carbocycles. The van der Waals surface area contributed by atoms with Gasteiger partial charge in [-0.1, -0.05) is 25.1 Å². The highest BCUT2D eigenvalue weighted by molar-refractivity contribution is 7.92. The van der Waals surface area contributed by atoms with Crippen molar-refractivity contribution in [1.82, 2.24) is 5.32 Å². The lowest BCUT2D eigenvalue weighted by Gasteiger charge is -2.30. The summed E-state index contributed by atoms with van der Waals surface area (Å²) in [5.41, 5.74) is 3.44. The minimum atomic E-state index is -3.65. The van der Waals surface area contributed by atoms with E-state index in [1.807, 2.05) is 65.0 Å². The van der Waals surface area contributed by atoms with Gasteiger partial charge in [0.2, 0.25) is 15.9 Å². The Morgan fingerprint density at radius 1 is 1.07 bits per heavy atom. The van der Waals surface area contributed by atoms with Gasteiger partial charge in [-0.05, 0) is 75.1 Å². The molecule has 1 unspecified atom stereocenters. The molecule has 1 N–H and O–H groups in total. The van der Waals surface area contributed by atoms with E-state index in [9.17, 15) is 13.2 Å². The summed E-state index contributed by atoms with van der Waals surface area (Å²) in [4.78, 5) is 12.9. The van der Waals surface area contributed by atoms with E-state index in [4.69, 9.17) is 4.74 Å². The van der Waals surface area contributed by atoms with Crippen LogP contribution in [0.4, 0.5) is 5.69 Å². The third-order valence-electron chi connectivity index (χ3n) is 4.84. The van der Waals surface area contributed by atoms with Crippen LogP contribution in [0, 0.1) is 13.8 Å². The highest BCUT2D eigenvalue weighted by Crippen LogP contribution is 2.25. The largest absolute Gasteiger partial charge is 0.491 e. The van der Waals surface area contributed by atoms with E-state index < -0.39 is 16.1 Å². The molecule has 30 heavy (non-hydrogen) atoms. The van der Waals surface area contributed by atoms with Crippen LogP contribution in [0.3, 0.4) is 0 Å². The lowest BCUT2D eigenvalue weighted by Crippen LogP contribution is -2.49. The Balaban J connectivity index is 2.18. The number of carbonyl (C=O) groups is 1. The van der Waals surface area contributed by atoms with E-state index in [0.29, 0.717) is 18.7 Å². The molecule has 6 nitrogen and oxygen atoms in total. The highest BCUT2D eigenvalue weighted by Gasteiger charge is 2.31. The molecule has 0 heterocycles. The smallest absolute Gasteiger partial charge is 0.244 e. The Bertz CT molecular complexity index is 969. The fraction of sp³-hybridized carbons (Fsp3) is 0.435. The SMILES string of the molecule is CCC(C(=O)NCc1ccc(OC(C)C)cc1)N(c1ccc(C)c(C)c1)S(C)(=O)=O. The summed E-state index contributed by atoms with van der Waals surface area (Å²) in [5.74, 6) is 0.438. The lowest BCUT2D eigenvalue weighted by molar-refractivity contribution is -0.122. The standard InChI is InChI=1S/C23H32N2O4S/c1-7-22(25(30(6,27)28)20-11-8-17(4)18(5)14-20)23(26)24-15-19-9-12-21(13-10-19)29-16(2)3/h8-14,16,22H,7,15H2,1-6H3,(H,24,26). The van der Waals surface area contributed by atoms with Gasteiger partial charge >= 0.3 is 0 Å². The highest BCUT2D eigenvalue weighted by atomic mass is 32.2. The molecule has 0 aliphatic rings. The Morgan fingerprint density at radius 3 is 2.20 bits per heavy atom. The van der Waals surface area contributed by atoms with E-state index in [1.165, 1.54) is 4.31 Å². The van der Waals surface area contributed by atoms with E-state index in [0.717, 1.165) is 28.7 Å². The van der Waals surface area contributed by atoms with Gasteiger partial charge in [-0.15, -0.1) is 0 Å². The molecule has 2 rings (SSSR count). The second-order valence-electron chi connectivity index (χ2n) is 7.78. The maximum atomic E-state index is 12.9. The van der Waals surface area contributed by atoms with Gasteiger partial charge in [0.15, 0.2) is 0 Å². The van der Waals surface area contributed by atoms with Crippen LogP contribution >= 0.6 is 0 Å². The van der Waals surface area contributed by atoms with E-state index in [2.05, 4.69) is 5.32 Å². The van der Waals surface area contributed by atoms with Crippen molar-refractivity contribution >= 4 is 21.6 Å². The van der Waals surface area contributed by atoms with E-state index in [-0.39, 0.29) is 12.0 Å². The molecule has 2 aromatic carbocycles. The monoisotopic (exact) mass is 432 g/mol.